The van der Waals surface area contributed by atoms with Crippen molar-refractivity contribution in [3.63, 3.8) is 0 Å². The molecular weight excluding hydrogens is 370 g/mol. The highest BCUT2D eigenvalue weighted by Gasteiger charge is 2.27. The van der Waals surface area contributed by atoms with Gasteiger partial charge in [0.1, 0.15) is 0 Å². The number of anilines is 1. The van der Waals surface area contributed by atoms with Crippen molar-refractivity contribution in [1.29, 1.82) is 0 Å². The maximum atomic E-state index is 13.0. The second kappa shape index (κ2) is 9.10. The van der Waals surface area contributed by atoms with Gasteiger partial charge in [-0.05, 0) is 42.8 Å². The first-order valence-corrected chi connectivity index (χ1v) is 10.7. The topological polar surface area (TPSA) is 71.0 Å². The molecule has 28 heavy (non-hydrogen) atoms. The third-order valence-electron chi connectivity index (χ3n) is 4.69. The van der Waals surface area contributed by atoms with E-state index in [1.54, 1.807) is 6.20 Å². The van der Waals surface area contributed by atoms with Gasteiger partial charge in [-0.25, -0.2) is 9.97 Å². The first-order chi connectivity index (χ1) is 13.6. The van der Waals surface area contributed by atoms with E-state index in [-0.39, 0.29) is 11.9 Å². The van der Waals surface area contributed by atoms with Crippen LogP contribution >= 0.6 is 11.3 Å². The standard InChI is InChI=1S/C19H21N5OS.C2H6/c1-12-6-9-24(11-12)18(25)16-17-15(7-10-26-17)22-19(23-16)21-13(2)14-5-3-4-8-20-14;1-2/h3-5,7-8,10,12-13H,6,9,11H2,1-2H3,(H,21,22,23);1-2H3/t12-,13?;/m1./s1. The van der Waals surface area contributed by atoms with Crippen LogP contribution in [-0.4, -0.2) is 38.8 Å². The quantitative estimate of drug-likeness (QED) is 0.687. The molecule has 1 fully saturated rings. The summed E-state index contributed by atoms with van der Waals surface area (Å²) >= 11 is 1.51. The van der Waals surface area contributed by atoms with Crippen LogP contribution in [0, 0.1) is 5.92 Å². The van der Waals surface area contributed by atoms with Gasteiger partial charge in [-0.15, -0.1) is 11.3 Å². The second-order valence-corrected chi connectivity index (χ2v) is 7.71. The molecule has 1 N–H and O–H groups in total. The number of likely N-dealkylation sites (tertiary alicyclic amines) is 1. The number of fused-ring (bicyclic) bond motifs is 1. The number of thiophene rings is 1. The van der Waals surface area contributed by atoms with Crippen molar-refractivity contribution in [2.45, 2.75) is 40.2 Å². The number of amides is 1. The number of rotatable bonds is 4. The van der Waals surface area contributed by atoms with E-state index in [0.29, 0.717) is 17.6 Å². The van der Waals surface area contributed by atoms with Crippen LogP contribution in [0.5, 0.6) is 0 Å². The number of carbonyl (C=O) groups is 1. The normalized spacial score (nSPS) is 17.1. The molecule has 1 saturated heterocycles. The smallest absolute Gasteiger partial charge is 0.274 e. The lowest BCUT2D eigenvalue weighted by molar-refractivity contribution is 0.0784. The van der Waals surface area contributed by atoms with Crippen molar-refractivity contribution in [2.75, 3.05) is 18.4 Å². The maximum Gasteiger partial charge on any atom is 0.274 e. The Morgan fingerprint density at radius 3 is 2.79 bits per heavy atom. The number of pyridine rings is 1. The van der Waals surface area contributed by atoms with Gasteiger partial charge in [-0.2, -0.15) is 0 Å². The summed E-state index contributed by atoms with van der Waals surface area (Å²) in [5.41, 5.74) is 2.20. The summed E-state index contributed by atoms with van der Waals surface area (Å²) in [5, 5.41) is 5.24. The minimum atomic E-state index is -0.0537. The van der Waals surface area contributed by atoms with Gasteiger partial charge in [0.2, 0.25) is 5.95 Å². The highest BCUT2D eigenvalue weighted by Crippen LogP contribution is 2.27. The molecule has 4 rings (SSSR count). The fraction of sp³-hybridized carbons (Fsp3) is 0.429. The van der Waals surface area contributed by atoms with E-state index >= 15 is 0 Å². The van der Waals surface area contributed by atoms with Crippen molar-refractivity contribution >= 4 is 33.4 Å². The number of nitrogens with one attached hydrogen (secondary N) is 1. The summed E-state index contributed by atoms with van der Waals surface area (Å²) in [4.78, 5) is 28.4. The first-order valence-electron chi connectivity index (χ1n) is 9.84. The summed E-state index contributed by atoms with van der Waals surface area (Å²) in [7, 11) is 0. The lowest BCUT2D eigenvalue weighted by Gasteiger charge is -2.17. The Hall–Kier alpha value is -2.54. The lowest BCUT2D eigenvalue weighted by atomic mass is 10.2. The van der Waals surface area contributed by atoms with Crippen molar-refractivity contribution in [2.24, 2.45) is 5.92 Å². The summed E-state index contributed by atoms with van der Waals surface area (Å²) in [6, 6.07) is 7.67. The van der Waals surface area contributed by atoms with Gasteiger partial charge in [-0.3, -0.25) is 9.78 Å². The Bertz CT molecular complexity index is 927. The molecule has 3 aromatic heterocycles. The number of nitrogens with zero attached hydrogens (tertiary/aromatic N) is 4. The van der Waals surface area contributed by atoms with E-state index in [1.807, 2.05) is 55.3 Å². The molecule has 7 heteroatoms. The third-order valence-corrected chi connectivity index (χ3v) is 5.60. The van der Waals surface area contributed by atoms with E-state index in [4.69, 9.17) is 0 Å². The molecule has 0 bridgehead atoms. The fourth-order valence-corrected chi connectivity index (χ4v) is 4.05. The van der Waals surface area contributed by atoms with Crippen LogP contribution in [0.25, 0.3) is 10.2 Å². The van der Waals surface area contributed by atoms with Gasteiger partial charge in [0, 0.05) is 19.3 Å². The second-order valence-electron chi connectivity index (χ2n) is 6.80. The largest absolute Gasteiger partial charge is 0.346 e. The summed E-state index contributed by atoms with van der Waals surface area (Å²) in [5.74, 6) is 1.00. The average molecular weight is 398 g/mol. The van der Waals surface area contributed by atoms with E-state index in [0.717, 1.165) is 35.4 Å². The Labute approximate surface area is 170 Å². The Balaban J connectivity index is 0.00000109. The molecule has 4 heterocycles. The Morgan fingerprint density at radius 2 is 2.11 bits per heavy atom. The van der Waals surface area contributed by atoms with Crippen molar-refractivity contribution in [3.8, 4) is 0 Å². The molecule has 6 nitrogen and oxygen atoms in total. The summed E-state index contributed by atoms with van der Waals surface area (Å²) in [6.45, 7) is 9.77. The lowest BCUT2D eigenvalue weighted by Crippen LogP contribution is -2.29. The highest BCUT2D eigenvalue weighted by molar-refractivity contribution is 7.17. The van der Waals surface area contributed by atoms with E-state index < -0.39 is 0 Å². The van der Waals surface area contributed by atoms with E-state index in [2.05, 4.69) is 27.2 Å². The van der Waals surface area contributed by atoms with E-state index in [9.17, 15) is 4.79 Å². The van der Waals surface area contributed by atoms with Gasteiger partial charge in [0.05, 0.1) is 22.0 Å². The molecule has 2 atom stereocenters. The molecule has 1 aliphatic heterocycles. The van der Waals surface area contributed by atoms with Crippen molar-refractivity contribution < 1.29 is 4.79 Å². The Kier molecular flexibility index (Phi) is 6.57. The zero-order chi connectivity index (χ0) is 20.1. The minimum absolute atomic E-state index is 0.00209. The van der Waals surface area contributed by atoms with Crippen LogP contribution in [-0.2, 0) is 0 Å². The van der Waals surface area contributed by atoms with Gasteiger partial charge in [0.25, 0.3) is 5.91 Å². The fourth-order valence-electron chi connectivity index (χ4n) is 3.24. The molecule has 3 aromatic rings. The summed E-state index contributed by atoms with van der Waals surface area (Å²) < 4.78 is 0.852. The number of carbonyl (C=O) groups excluding carboxylic acids is 1. The summed E-state index contributed by atoms with van der Waals surface area (Å²) in [6.07, 6.45) is 2.81. The first kappa shape index (κ1) is 20.2. The van der Waals surface area contributed by atoms with Crippen LogP contribution in [0.15, 0.2) is 35.8 Å². The molecule has 1 amide bonds. The van der Waals surface area contributed by atoms with Gasteiger partial charge in [-0.1, -0.05) is 26.8 Å². The number of aromatic nitrogens is 3. The molecular formula is C21H27N5OS. The predicted octanol–water partition coefficient (Wildman–Crippen LogP) is 4.77. The molecule has 1 unspecified atom stereocenters. The van der Waals surface area contributed by atoms with E-state index in [1.165, 1.54) is 11.3 Å². The Morgan fingerprint density at radius 1 is 1.29 bits per heavy atom. The van der Waals surface area contributed by atoms with Crippen molar-refractivity contribution in [3.05, 3.63) is 47.2 Å². The van der Waals surface area contributed by atoms with Crippen molar-refractivity contribution in [1.82, 2.24) is 19.9 Å². The molecule has 148 valence electrons. The molecule has 0 saturated carbocycles. The van der Waals surface area contributed by atoms with Gasteiger partial charge >= 0.3 is 0 Å². The van der Waals surface area contributed by atoms with Crippen LogP contribution in [0.2, 0.25) is 0 Å². The predicted molar refractivity (Wildman–Crippen MR) is 115 cm³/mol. The minimum Gasteiger partial charge on any atom is -0.346 e. The highest BCUT2D eigenvalue weighted by atomic mass is 32.1. The monoisotopic (exact) mass is 397 g/mol. The third kappa shape index (κ3) is 4.30. The van der Waals surface area contributed by atoms with Gasteiger partial charge in [0.15, 0.2) is 5.69 Å². The van der Waals surface area contributed by atoms with Crippen LogP contribution in [0.1, 0.15) is 56.3 Å². The molecule has 0 spiro atoms. The van der Waals surface area contributed by atoms with Crippen LogP contribution < -0.4 is 5.32 Å². The number of hydrogen-bond donors (Lipinski definition) is 1. The number of hydrogen-bond acceptors (Lipinski definition) is 6. The maximum absolute atomic E-state index is 13.0. The molecule has 0 aliphatic carbocycles. The molecule has 1 aliphatic rings. The SMILES string of the molecule is CC.CC(Nc1nc(C(=O)N2CC[C@@H](C)C2)c2sccc2n1)c1ccccn1. The molecule has 0 radical (unpaired) electrons. The zero-order valence-electron chi connectivity index (χ0n) is 16.8. The van der Waals surface area contributed by atoms with Crippen LogP contribution in [0.3, 0.4) is 0 Å². The molecule has 0 aromatic carbocycles. The van der Waals surface area contributed by atoms with Gasteiger partial charge < -0.3 is 10.2 Å². The van der Waals surface area contributed by atoms with Crippen LogP contribution in [0.4, 0.5) is 5.95 Å². The average Bonchev–Trinajstić information content (AvgIpc) is 3.38. The zero-order valence-corrected chi connectivity index (χ0v) is 17.7.